The van der Waals surface area contributed by atoms with Gasteiger partial charge in [0.2, 0.25) is 0 Å². The fourth-order valence-electron chi connectivity index (χ4n) is 2.60. The Morgan fingerprint density at radius 1 is 1.11 bits per heavy atom. The summed E-state index contributed by atoms with van der Waals surface area (Å²) in [6.07, 6.45) is 3.34. The van der Waals surface area contributed by atoms with Gasteiger partial charge < -0.3 is 9.47 Å². The van der Waals surface area contributed by atoms with Crippen LogP contribution >= 0.6 is 11.8 Å². The summed E-state index contributed by atoms with van der Waals surface area (Å²) in [5.74, 6) is 0.848. The summed E-state index contributed by atoms with van der Waals surface area (Å²) in [6, 6.07) is 14.8. The predicted octanol–water partition coefficient (Wildman–Crippen LogP) is 4.50. The van der Waals surface area contributed by atoms with Crippen molar-refractivity contribution in [3.05, 3.63) is 77.2 Å². The van der Waals surface area contributed by atoms with Crippen molar-refractivity contribution in [2.75, 3.05) is 13.7 Å². The first-order chi connectivity index (χ1) is 13.1. The molecule has 1 aliphatic heterocycles. The molecule has 1 aliphatic rings. The SMILES string of the molecule is C=CCOc1ccc(/C=C2\SC(=O)N(Cc3ccccc3)C2=O)cc1OC. The summed E-state index contributed by atoms with van der Waals surface area (Å²) in [7, 11) is 1.55. The molecule has 0 radical (unpaired) electrons. The number of carbonyl (C=O) groups excluding carboxylic acids is 2. The van der Waals surface area contributed by atoms with Crippen molar-refractivity contribution in [3.63, 3.8) is 0 Å². The van der Waals surface area contributed by atoms with Crippen LogP contribution in [-0.2, 0) is 11.3 Å². The summed E-state index contributed by atoms with van der Waals surface area (Å²) in [4.78, 5) is 26.5. The van der Waals surface area contributed by atoms with Crippen LogP contribution in [0.25, 0.3) is 6.08 Å². The quantitative estimate of drug-likeness (QED) is 0.522. The number of ether oxygens (including phenoxy) is 2. The van der Waals surface area contributed by atoms with Crippen molar-refractivity contribution < 1.29 is 19.1 Å². The van der Waals surface area contributed by atoms with Gasteiger partial charge in [-0.25, -0.2) is 0 Å². The third kappa shape index (κ3) is 4.41. The Morgan fingerprint density at radius 2 is 1.89 bits per heavy atom. The molecule has 1 saturated heterocycles. The molecule has 0 bridgehead atoms. The molecular formula is C21H19NO4S. The number of methoxy groups -OCH3 is 1. The zero-order valence-corrected chi connectivity index (χ0v) is 15.7. The van der Waals surface area contributed by atoms with Crippen molar-refractivity contribution in [3.8, 4) is 11.5 Å². The first-order valence-corrected chi connectivity index (χ1v) is 9.15. The number of nitrogens with zero attached hydrogens (tertiary/aromatic N) is 1. The molecule has 2 aromatic rings. The van der Waals surface area contributed by atoms with E-state index in [4.69, 9.17) is 9.47 Å². The van der Waals surface area contributed by atoms with E-state index in [9.17, 15) is 9.59 Å². The van der Waals surface area contributed by atoms with Crippen LogP contribution in [-0.4, -0.2) is 29.8 Å². The highest BCUT2D eigenvalue weighted by Crippen LogP contribution is 2.35. The second kappa shape index (κ2) is 8.60. The maximum atomic E-state index is 12.6. The molecule has 0 aromatic heterocycles. The number of rotatable bonds is 7. The largest absolute Gasteiger partial charge is 0.493 e. The van der Waals surface area contributed by atoms with E-state index in [1.165, 1.54) is 4.90 Å². The van der Waals surface area contributed by atoms with Crippen molar-refractivity contribution in [1.29, 1.82) is 0 Å². The Bertz CT molecular complexity index is 892. The molecule has 5 nitrogen and oxygen atoms in total. The third-order valence-corrected chi connectivity index (χ3v) is 4.81. The predicted molar refractivity (Wildman–Crippen MR) is 107 cm³/mol. The Morgan fingerprint density at radius 3 is 2.59 bits per heavy atom. The van der Waals surface area contributed by atoms with E-state index in [2.05, 4.69) is 6.58 Å². The minimum atomic E-state index is -0.292. The van der Waals surface area contributed by atoms with Crippen LogP contribution in [0.1, 0.15) is 11.1 Å². The zero-order chi connectivity index (χ0) is 19.2. The molecule has 138 valence electrons. The van der Waals surface area contributed by atoms with Gasteiger partial charge in [-0.2, -0.15) is 0 Å². The molecular weight excluding hydrogens is 362 g/mol. The highest BCUT2D eigenvalue weighted by Gasteiger charge is 2.34. The van der Waals surface area contributed by atoms with Crippen molar-refractivity contribution in [1.82, 2.24) is 4.90 Å². The van der Waals surface area contributed by atoms with E-state index in [0.29, 0.717) is 23.0 Å². The van der Waals surface area contributed by atoms with E-state index in [0.717, 1.165) is 22.9 Å². The number of amides is 2. The van der Waals surface area contributed by atoms with Gasteiger partial charge in [0.15, 0.2) is 11.5 Å². The molecule has 2 amide bonds. The minimum absolute atomic E-state index is 0.264. The van der Waals surface area contributed by atoms with E-state index < -0.39 is 0 Å². The van der Waals surface area contributed by atoms with Crippen LogP contribution in [0.15, 0.2) is 66.1 Å². The molecule has 0 unspecified atom stereocenters. The third-order valence-electron chi connectivity index (χ3n) is 3.90. The summed E-state index contributed by atoms with van der Waals surface area (Å²) in [6.45, 7) is 4.25. The van der Waals surface area contributed by atoms with Gasteiger partial charge in [-0.1, -0.05) is 49.1 Å². The van der Waals surface area contributed by atoms with E-state index in [-0.39, 0.29) is 17.7 Å². The first kappa shape index (κ1) is 18.8. The Hall–Kier alpha value is -2.99. The lowest BCUT2D eigenvalue weighted by Crippen LogP contribution is -2.27. The average molecular weight is 381 g/mol. The molecule has 0 N–H and O–H groups in total. The van der Waals surface area contributed by atoms with E-state index in [1.807, 2.05) is 36.4 Å². The maximum Gasteiger partial charge on any atom is 0.293 e. The molecule has 27 heavy (non-hydrogen) atoms. The lowest BCUT2D eigenvalue weighted by molar-refractivity contribution is -0.123. The standard InChI is InChI=1S/C21H19NO4S/c1-3-11-26-17-10-9-16(12-18(17)25-2)13-19-20(23)22(21(24)27-19)14-15-7-5-4-6-8-15/h3-10,12-13H,1,11,14H2,2H3/b19-13-. The molecule has 1 heterocycles. The normalized spacial score (nSPS) is 15.3. The van der Waals surface area contributed by atoms with Crippen molar-refractivity contribution in [2.24, 2.45) is 0 Å². The smallest absolute Gasteiger partial charge is 0.293 e. The summed E-state index contributed by atoms with van der Waals surface area (Å²) in [5, 5.41) is -0.270. The molecule has 2 aromatic carbocycles. The Labute approximate surface area is 162 Å². The second-order valence-electron chi connectivity index (χ2n) is 5.76. The second-order valence-corrected chi connectivity index (χ2v) is 6.76. The zero-order valence-electron chi connectivity index (χ0n) is 14.9. The molecule has 6 heteroatoms. The number of benzene rings is 2. The van der Waals surface area contributed by atoms with Gasteiger partial charge in [0.25, 0.3) is 11.1 Å². The molecule has 0 atom stereocenters. The van der Waals surface area contributed by atoms with Crippen LogP contribution in [0.4, 0.5) is 4.79 Å². The lowest BCUT2D eigenvalue weighted by Gasteiger charge is -2.12. The highest BCUT2D eigenvalue weighted by atomic mass is 32.2. The fourth-order valence-corrected chi connectivity index (χ4v) is 3.43. The van der Waals surface area contributed by atoms with Crippen LogP contribution in [0, 0.1) is 0 Å². The van der Waals surface area contributed by atoms with Gasteiger partial charge >= 0.3 is 0 Å². The Kier molecular flexibility index (Phi) is 5.98. The summed E-state index contributed by atoms with van der Waals surface area (Å²) < 4.78 is 10.9. The van der Waals surface area contributed by atoms with Gasteiger partial charge in [0, 0.05) is 0 Å². The topological polar surface area (TPSA) is 55.8 Å². The van der Waals surface area contributed by atoms with Gasteiger partial charge in [-0.05, 0) is 41.1 Å². The highest BCUT2D eigenvalue weighted by molar-refractivity contribution is 8.18. The Balaban J connectivity index is 1.80. The molecule has 0 aliphatic carbocycles. The number of carbonyl (C=O) groups is 2. The van der Waals surface area contributed by atoms with E-state index >= 15 is 0 Å². The summed E-state index contributed by atoms with van der Waals surface area (Å²) >= 11 is 0.941. The number of imide groups is 1. The van der Waals surface area contributed by atoms with Crippen molar-refractivity contribution in [2.45, 2.75) is 6.54 Å². The minimum Gasteiger partial charge on any atom is -0.493 e. The lowest BCUT2D eigenvalue weighted by atomic mass is 10.1. The molecule has 0 saturated carbocycles. The maximum absolute atomic E-state index is 12.6. The van der Waals surface area contributed by atoms with Crippen molar-refractivity contribution >= 4 is 29.0 Å². The van der Waals surface area contributed by atoms with Crippen LogP contribution in [0.3, 0.4) is 0 Å². The van der Waals surface area contributed by atoms with Crippen LogP contribution in [0.5, 0.6) is 11.5 Å². The monoisotopic (exact) mass is 381 g/mol. The first-order valence-electron chi connectivity index (χ1n) is 8.33. The number of hydrogen-bond acceptors (Lipinski definition) is 5. The van der Waals surface area contributed by atoms with Gasteiger partial charge in [0.05, 0.1) is 18.6 Å². The van der Waals surface area contributed by atoms with E-state index in [1.54, 1.807) is 31.4 Å². The average Bonchev–Trinajstić information content (AvgIpc) is 2.95. The van der Waals surface area contributed by atoms with Crippen LogP contribution < -0.4 is 9.47 Å². The van der Waals surface area contributed by atoms with Gasteiger partial charge in [0.1, 0.15) is 6.61 Å². The molecule has 3 rings (SSSR count). The molecule has 0 spiro atoms. The number of hydrogen-bond donors (Lipinski definition) is 0. The fraction of sp³-hybridized carbons (Fsp3) is 0.143. The molecule has 1 fully saturated rings. The van der Waals surface area contributed by atoms with Gasteiger partial charge in [-0.3, -0.25) is 14.5 Å². The van der Waals surface area contributed by atoms with Gasteiger partial charge in [-0.15, -0.1) is 0 Å². The number of thioether (sulfide) groups is 1. The summed E-state index contributed by atoms with van der Waals surface area (Å²) in [5.41, 5.74) is 1.66. The van der Waals surface area contributed by atoms with Crippen LogP contribution in [0.2, 0.25) is 0 Å².